The highest BCUT2D eigenvalue weighted by Gasteiger charge is 2.04. The van der Waals surface area contributed by atoms with E-state index in [1.54, 1.807) is 12.1 Å². The molecule has 1 aromatic carbocycles. The van der Waals surface area contributed by atoms with Gasteiger partial charge in [-0.2, -0.15) is 0 Å². The average molecular weight is 237 g/mol. The minimum Gasteiger partial charge on any atom is -0.314 e. The molecular formula is C15H24FN. The lowest BCUT2D eigenvalue weighted by Crippen LogP contribution is -2.29. The summed E-state index contributed by atoms with van der Waals surface area (Å²) < 4.78 is 13.0. The van der Waals surface area contributed by atoms with Gasteiger partial charge in [-0.1, -0.05) is 26.0 Å². The van der Waals surface area contributed by atoms with Crippen LogP contribution in [0.25, 0.3) is 0 Å². The molecule has 0 amide bonds. The van der Waals surface area contributed by atoms with Gasteiger partial charge in [0.1, 0.15) is 5.82 Å². The molecule has 0 saturated carbocycles. The van der Waals surface area contributed by atoms with E-state index in [0.29, 0.717) is 6.04 Å². The monoisotopic (exact) mass is 237 g/mol. The minimum atomic E-state index is -0.126. The van der Waals surface area contributed by atoms with Crippen molar-refractivity contribution in [2.24, 2.45) is 0 Å². The molecule has 1 atom stereocenters. The van der Waals surface area contributed by atoms with E-state index in [-0.39, 0.29) is 5.82 Å². The Hall–Kier alpha value is -0.890. The van der Waals surface area contributed by atoms with Crippen molar-refractivity contribution in [1.29, 1.82) is 0 Å². The molecule has 1 rings (SSSR count). The van der Waals surface area contributed by atoms with Gasteiger partial charge in [-0.25, -0.2) is 4.39 Å². The van der Waals surface area contributed by atoms with Gasteiger partial charge in [0, 0.05) is 6.04 Å². The summed E-state index contributed by atoms with van der Waals surface area (Å²) in [6.07, 6.45) is 5.62. The molecule has 17 heavy (non-hydrogen) atoms. The summed E-state index contributed by atoms with van der Waals surface area (Å²) >= 11 is 0. The fourth-order valence-electron chi connectivity index (χ4n) is 2.04. The minimum absolute atomic E-state index is 0.126. The van der Waals surface area contributed by atoms with Crippen LogP contribution in [0.1, 0.15) is 45.1 Å². The van der Waals surface area contributed by atoms with E-state index < -0.39 is 0 Å². The molecule has 1 nitrogen and oxygen atoms in total. The lowest BCUT2D eigenvalue weighted by molar-refractivity contribution is 0.455. The molecule has 0 spiro atoms. The van der Waals surface area contributed by atoms with Crippen LogP contribution in [0.2, 0.25) is 0 Å². The van der Waals surface area contributed by atoms with Gasteiger partial charge >= 0.3 is 0 Å². The topological polar surface area (TPSA) is 12.0 Å². The first-order chi connectivity index (χ1) is 8.26. The van der Waals surface area contributed by atoms with E-state index in [0.717, 1.165) is 24.9 Å². The van der Waals surface area contributed by atoms with Gasteiger partial charge in [0.25, 0.3) is 0 Å². The third kappa shape index (κ3) is 5.83. The van der Waals surface area contributed by atoms with Crippen molar-refractivity contribution in [2.45, 2.75) is 52.0 Å². The molecule has 0 aliphatic rings. The highest BCUT2D eigenvalue weighted by Crippen LogP contribution is 2.10. The SMILES string of the molecule is CCCNC(CC)CCCc1cccc(F)c1. The van der Waals surface area contributed by atoms with Crippen LogP contribution in [0.15, 0.2) is 24.3 Å². The van der Waals surface area contributed by atoms with Crippen LogP contribution < -0.4 is 5.32 Å². The smallest absolute Gasteiger partial charge is 0.123 e. The summed E-state index contributed by atoms with van der Waals surface area (Å²) in [6.45, 7) is 5.50. The van der Waals surface area contributed by atoms with Gasteiger partial charge in [-0.15, -0.1) is 0 Å². The molecule has 1 unspecified atom stereocenters. The Bertz CT molecular complexity index is 312. The highest BCUT2D eigenvalue weighted by molar-refractivity contribution is 5.16. The van der Waals surface area contributed by atoms with E-state index in [2.05, 4.69) is 19.2 Å². The zero-order chi connectivity index (χ0) is 12.5. The number of rotatable bonds is 8. The van der Waals surface area contributed by atoms with Crippen LogP contribution in [0.4, 0.5) is 4.39 Å². The van der Waals surface area contributed by atoms with Crippen molar-refractivity contribution in [3.8, 4) is 0 Å². The summed E-state index contributed by atoms with van der Waals surface area (Å²) in [6, 6.07) is 7.55. The maximum Gasteiger partial charge on any atom is 0.123 e. The Morgan fingerprint density at radius 2 is 2.12 bits per heavy atom. The Morgan fingerprint density at radius 3 is 2.76 bits per heavy atom. The Labute approximate surface area is 104 Å². The van der Waals surface area contributed by atoms with E-state index in [4.69, 9.17) is 0 Å². The Balaban J connectivity index is 2.26. The average Bonchev–Trinajstić information content (AvgIpc) is 2.33. The Morgan fingerprint density at radius 1 is 1.29 bits per heavy atom. The van der Waals surface area contributed by atoms with Crippen molar-refractivity contribution in [3.63, 3.8) is 0 Å². The fourth-order valence-corrected chi connectivity index (χ4v) is 2.04. The zero-order valence-corrected chi connectivity index (χ0v) is 11.0. The summed E-state index contributed by atoms with van der Waals surface area (Å²) in [5.41, 5.74) is 1.11. The summed E-state index contributed by atoms with van der Waals surface area (Å²) in [7, 11) is 0. The number of hydrogen-bond acceptors (Lipinski definition) is 1. The van der Waals surface area contributed by atoms with E-state index >= 15 is 0 Å². The van der Waals surface area contributed by atoms with Crippen molar-refractivity contribution < 1.29 is 4.39 Å². The molecule has 0 bridgehead atoms. The first-order valence-electron chi connectivity index (χ1n) is 6.74. The Kier molecular flexibility index (Phi) is 6.87. The maximum atomic E-state index is 13.0. The summed E-state index contributed by atoms with van der Waals surface area (Å²) in [5, 5.41) is 3.54. The van der Waals surface area contributed by atoms with Gasteiger partial charge in [0.2, 0.25) is 0 Å². The molecule has 0 aromatic heterocycles. The zero-order valence-electron chi connectivity index (χ0n) is 11.0. The number of halogens is 1. The van der Waals surface area contributed by atoms with Gasteiger partial charge in [0.05, 0.1) is 0 Å². The van der Waals surface area contributed by atoms with Crippen LogP contribution in [0.3, 0.4) is 0 Å². The second kappa shape index (κ2) is 8.24. The molecule has 1 aromatic rings. The van der Waals surface area contributed by atoms with Crippen molar-refractivity contribution in [1.82, 2.24) is 5.32 Å². The molecule has 1 N–H and O–H groups in total. The number of nitrogens with one attached hydrogen (secondary N) is 1. The highest BCUT2D eigenvalue weighted by atomic mass is 19.1. The third-order valence-corrected chi connectivity index (χ3v) is 3.08. The van der Waals surface area contributed by atoms with E-state index in [9.17, 15) is 4.39 Å². The number of hydrogen-bond donors (Lipinski definition) is 1. The van der Waals surface area contributed by atoms with Gasteiger partial charge < -0.3 is 5.32 Å². The fraction of sp³-hybridized carbons (Fsp3) is 0.600. The molecule has 0 aliphatic heterocycles. The van der Waals surface area contributed by atoms with Crippen LogP contribution in [-0.2, 0) is 6.42 Å². The molecule has 0 fully saturated rings. The van der Waals surface area contributed by atoms with E-state index in [1.165, 1.54) is 25.3 Å². The third-order valence-electron chi connectivity index (χ3n) is 3.08. The molecule has 0 aliphatic carbocycles. The maximum absolute atomic E-state index is 13.0. The summed E-state index contributed by atoms with van der Waals surface area (Å²) in [4.78, 5) is 0. The molecule has 0 saturated heterocycles. The van der Waals surface area contributed by atoms with Crippen molar-refractivity contribution in [3.05, 3.63) is 35.6 Å². The first-order valence-corrected chi connectivity index (χ1v) is 6.74. The largest absolute Gasteiger partial charge is 0.314 e. The van der Waals surface area contributed by atoms with Gasteiger partial charge in [-0.3, -0.25) is 0 Å². The first kappa shape index (κ1) is 14.2. The van der Waals surface area contributed by atoms with Crippen LogP contribution in [0, 0.1) is 5.82 Å². The quantitative estimate of drug-likeness (QED) is 0.722. The van der Waals surface area contributed by atoms with Crippen LogP contribution in [0.5, 0.6) is 0 Å². The molecule has 0 radical (unpaired) electrons. The predicted octanol–water partition coefficient (Wildman–Crippen LogP) is 3.93. The van der Waals surface area contributed by atoms with Gasteiger partial charge in [-0.05, 0) is 56.3 Å². The second-order valence-corrected chi connectivity index (χ2v) is 4.58. The standard InChI is InChI=1S/C15H24FN/c1-3-11-17-15(4-2)10-6-8-13-7-5-9-14(16)12-13/h5,7,9,12,15,17H,3-4,6,8,10-11H2,1-2H3. The number of aryl methyl sites for hydroxylation is 1. The predicted molar refractivity (Wildman–Crippen MR) is 71.7 cm³/mol. The number of benzene rings is 1. The molecule has 0 heterocycles. The lowest BCUT2D eigenvalue weighted by Gasteiger charge is -2.16. The van der Waals surface area contributed by atoms with Crippen LogP contribution >= 0.6 is 0 Å². The molecule has 96 valence electrons. The van der Waals surface area contributed by atoms with Crippen molar-refractivity contribution >= 4 is 0 Å². The van der Waals surface area contributed by atoms with Crippen molar-refractivity contribution in [2.75, 3.05) is 6.54 Å². The normalized spacial score (nSPS) is 12.6. The second-order valence-electron chi connectivity index (χ2n) is 4.58. The molecule has 2 heteroatoms. The van der Waals surface area contributed by atoms with Gasteiger partial charge in [0.15, 0.2) is 0 Å². The van der Waals surface area contributed by atoms with Crippen LogP contribution in [-0.4, -0.2) is 12.6 Å². The molecular weight excluding hydrogens is 213 g/mol. The lowest BCUT2D eigenvalue weighted by atomic mass is 10.0. The summed E-state index contributed by atoms with van der Waals surface area (Å²) in [5.74, 6) is -0.126. The van der Waals surface area contributed by atoms with E-state index in [1.807, 2.05) is 6.07 Å².